The van der Waals surface area contributed by atoms with E-state index in [9.17, 15) is 22.8 Å². The third-order valence-corrected chi connectivity index (χ3v) is 2.60. The first-order valence-corrected chi connectivity index (χ1v) is 4.69. The summed E-state index contributed by atoms with van der Waals surface area (Å²) in [5, 5.41) is 8.89. The van der Waals surface area contributed by atoms with E-state index in [1.807, 2.05) is 0 Å². The van der Waals surface area contributed by atoms with Gasteiger partial charge in [0.15, 0.2) is 5.78 Å². The molecule has 1 unspecified atom stereocenters. The number of carboxylic acids is 1. The van der Waals surface area contributed by atoms with Gasteiger partial charge in [-0.15, -0.1) is 0 Å². The Labute approximate surface area is 89.4 Å². The number of carbonyl (C=O) groups excluding carboxylic acids is 1. The number of ether oxygens (including phenoxy) is 1. The van der Waals surface area contributed by atoms with Crippen LogP contribution in [0, 0.1) is 5.41 Å². The minimum Gasteiger partial charge on any atom is -0.480 e. The number of carbonyl (C=O) groups is 2. The molecule has 0 aromatic heterocycles. The summed E-state index contributed by atoms with van der Waals surface area (Å²) in [5.41, 5.74) is -2.02. The first-order valence-electron chi connectivity index (χ1n) is 4.69. The van der Waals surface area contributed by atoms with Gasteiger partial charge in [-0.05, 0) is 6.42 Å². The minimum absolute atomic E-state index is 0.0693. The summed E-state index contributed by atoms with van der Waals surface area (Å²) in [6.45, 7) is -0.406. The average molecular weight is 240 g/mol. The molecule has 0 spiro atoms. The number of alkyl halides is 3. The fraction of sp³-hybridized carbons (Fsp3) is 0.778. The highest BCUT2D eigenvalue weighted by atomic mass is 19.4. The molecule has 1 rings (SSSR count). The first kappa shape index (κ1) is 13.0. The lowest BCUT2D eigenvalue weighted by atomic mass is 9.77. The Morgan fingerprint density at radius 3 is 2.56 bits per heavy atom. The summed E-state index contributed by atoms with van der Waals surface area (Å²) in [6.07, 6.45) is -6.68. The third kappa shape index (κ3) is 2.72. The second-order valence-electron chi connectivity index (χ2n) is 3.73. The Balaban J connectivity index is 2.80. The Kier molecular flexibility index (Phi) is 3.57. The summed E-state index contributed by atoms with van der Waals surface area (Å²) in [6, 6.07) is 0. The molecule has 1 atom stereocenters. The molecule has 1 saturated heterocycles. The Morgan fingerprint density at radius 2 is 2.12 bits per heavy atom. The van der Waals surface area contributed by atoms with Crippen molar-refractivity contribution >= 4 is 11.8 Å². The molecule has 0 aromatic rings. The van der Waals surface area contributed by atoms with E-state index in [-0.39, 0.29) is 13.0 Å². The monoisotopic (exact) mass is 240 g/mol. The van der Waals surface area contributed by atoms with Crippen LogP contribution < -0.4 is 0 Å². The van der Waals surface area contributed by atoms with Crippen LogP contribution in [-0.2, 0) is 14.3 Å². The molecular formula is C9H11F3O4. The van der Waals surface area contributed by atoms with Gasteiger partial charge in [-0.25, -0.2) is 0 Å². The SMILES string of the molecule is O=C(O)C1(CCC(F)(F)F)COCCC1=O. The van der Waals surface area contributed by atoms with Crippen LogP contribution in [0.15, 0.2) is 0 Å². The van der Waals surface area contributed by atoms with E-state index in [0.717, 1.165) is 0 Å². The molecule has 16 heavy (non-hydrogen) atoms. The second kappa shape index (κ2) is 4.40. The van der Waals surface area contributed by atoms with Crippen molar-refractivity contribution in [3.05, 3.63) is 0 Å². The van der Waals surface area contributed by atoms with Gasteiger partial charge in [-0.1, -0.05) is 0 Å². The van der Waals surface area contributed by atoms with Crippen LogP contribution in [-0.4, -0.2) is 36.2 Å². The lowest BCUT2D eigenvalue weighted by Crippen LogP contribution is -2.47. The van der Waals surface area contributed by atoms with Crippen molar-refractivity contribution in [3.8, 4) is 0 Å². The molecule has 1 heterocycles. The summed E-state index contributed by atoms with van der Waals surface area (Å²) in [4.78, 5) is 22.4. The number of hydrogen-bond acceptors (Lipinski definition) is 3. The van der Waals surface area contributed by atoms with Gasteiger partial charge in [0.05, 0.1) is 13.2 Å². The zero-order chi connectivity index (χ0) is 12.4. The van der Waals surface area contributed by atoms with E-state index >= 15 is 0 Å². The average Bonchev–Trinajstić information content (AvgIpc) is 2.15. The number of Topliss-reactive ketones (excluding diaryl/α,β-unsaturated/α-hetero) is 1. The molecule has 92 valence electrons. The van der Waals surface area contributed by atoms with Crippen molar-refractivity contribution in [1.29, 1.82) is 0 Å². The standard InChI is InChI=1S/C9H11F3O4/c10-9(11,12)3-2-8(7(14)15)5-16-4-1-6(8)13/h1-5H2,(H,14,15). The van der Waals surface area contributed by atoms with Crippen LogP contribution in [0.3, 0.4) is 0 Å². The maximum atomic E-state index is 12.0. The number of rotatable bonds is 3. The van der Waals surface area contributed by atoms with Gasteiger partial charge < -0.3 is 9.84 Å². The molecular weight excluding hydrogens is 229 g/mol. The van der Waals surface area contributed by atoms with Crippen LogP contribution in [0.25, 0.3) is 0 Å². The molecule has 7 heteroatoms. The summed E-state index contributed by atoms with van der Waals surface area (Å²) in [5.74, 6) is -2.23. The second-order valence-corrected chi connectivity index (χ2v) is 3.73. The molecule has 0 aliphatic carbocycles. The minimum atomic E-state index is -4.47. The Bertz CT molecular complexity index is 300. The molecule has 4 nitrogen and oxygen atoms in total. The van der Waals surface area contributed by atoms with Gasteiger partial charge in [-0.3, -0.25) is 9.59 Å². The topological polar surface area (TPSA) is 63.6 Å². The van der Waals surface area contributed by atoms with Gasteiger partial charge in [0, 0.05) is 12.8 Å². The Hall–Kier alpha value is -1.11. The van der Waals surface area contributed by atoms with E-state index in [1.54, 1.807) is 0 Å². The molecule has 1 N–H and O–H groups in total. The van der Waals surface area contributed by atoms with Crippen molar-refractivity contribution in [2.45, 2.75) is 25.4 Å². The smallest absolute Gasteiger partial charge is 0.389 e. The molecule has 0 bridgehead atoms. The Morgan fingerprint density at radius 1 is 1.50 bits per heavy atom. The summed E-state index contributed by atoms with van der Waals surface area (Å²) < 4.78 is 40.9. The predicted octanol–water partition coefficient (Wildman–Crippen LogP) is 1.39. The summed E-state index contributed by atoms with van der Waals surface area (Å²) in [7, 11) is 0. The van der Waals surface area contributed by atoms with E-state index in [2.05, 4.69) is 0 Å². The van der Waals surface area contributed by atoms with Crippen molar-refractivity contribution in [2.75, 3.05) is 13.2 Å². The maximum absolute atomic E-state index is 12.0. The molecule has 0 amide bonds. The zero-order valence-electron chi connectivity index (χ0n) is 8.34. The number of aliphatic carboxylic acids is 1. The molecule has 0 saturated carbocycles. The van der Waals surface area contributed by atoms with Crippen LogP contribution in [0.4, 0.5) is 13.2 Å². The van der Waals surface area contributed by atoms with E-state index in [4.69, 9.17) is 9.84 Å². The first-order chi connectivity index (χ1) is 7.28. The van der Waals surface area contributed by atoms with Crippen molar-refractivity contribution < 1.29 is 32.6 Å². The largest absolute Gasteiger partial charge is 0.480 e. The van der Waals surface area contributed by atoms with E-state index < -0.39 is 42.8 Å². The highest BCUT2D eigenvalue weighted by Crippen LogP contribution is 2.35. The lowest BCUT2D eigenvalue weighted by Gasteiger charge is -2.31. The van der Waals surface area contributed by atoms with Crippen molar-refractivity contribution in [2.24, 2.45) is 5.41 Å². The fourth-order valence-electron chi connectivity index (χ4n) is 1.59. The fourth-order valence-corrected chi connectivity index (χ4v) is 1.59. The number of carboxylic acid groups (broad SMARTS) is 1. The maximum Gasteiger partial charge on any atom is 0.389 e. The van der Waals surface area contributed by atoms with Crippen LogP contribution in [0.1, 0.15) is 19.3 Å². The quantitative estimate of drug-likeness (QED) is 0.757. The van der Waals surface area contributed by atoms with Gasteiger partial charge in [-0.2, -0.15) is 13.2 Å². The van der Waals surface area contributed by atoms with Crippen LogP contribution in [0.5, 0.6) is 0 Å². The third-order valence-electron chi connectivity index (χ3n) is 2.60. The summed E-state index contributed by atoms with van der Waals surface area (Å²) >= 11 is 0. The lowest BCUT2D eigenvalue weighted by molar-refractivity contribution is -0.172. The molecule has 0 aromatic carbocycles. The zero-order valence-corrected chi connectivity index (χ0v) is 8.34. The highest BCUT2D eigenvalue weighted by molar-refractivity contribution is 6.03. The van der Waals surface area contributed by atoms with Gasteiger partial charge in [0.25, 0.3) is 0 Å². The predicted molar refractivity (Wildman–Crippen MR) is 45.8 cm³/mol. The van der Waals surface area contributed by atoms with Gasteiger partial charge >= 0.3 is 12.1 Å². The normalized spacial score (nSPS) is 26.8. The molecule has 0 radical (unpaired) electrons. The number of halogens is 3. The van der Waals surface area contributed by atoms with Gasteiger partial charge in [0.2, 0.25) is 0 Å². The van der Waals surface area contributed by atoms with Crippen molar-refractivity contribution in [1.82, 2.24) is 0 Å². The highest BCUT2D eigenvalue weighted by Gasteiger charge is 2.49. The van der Waals surface area contributed by atoms with Crippen LogP contribution in [0.2, 0.25) is 0 Å². The molecule has 1 aliphatic rings. The van der Waals surface area contributed by atoms with Gasteiger partial charge in [0.1, 0.15) is 5.41 Å². The van der Waals surface area contributed by atoms with E-state index in [0.29, 0.717) is 0 Å². The van der Waals surface area contributed by atoms with E-state index in [1.165, 1.54) is 0 Å². The van der Waals surface area contributed by atoms with Crippen LogP contribution >= 0.6 is 0 Å². The molecule has 1 fully saturated rings. The number of hydrogen-bond donors (Lipinski definition) is 1. The number of ketones is 1. The van der Waals surface area contributed by atoms with Crippen molar-refractivity contribution in [3.63, 3.8) is 0 Å². The molecule has 1 aliphatic heterocycles.